The van der Waals surface area contributed by atoms with E-state index in [0.717, 1.165) is 24.5 Å². The van der Waals surface area contributed by atoms with Gasteiger partial charge in [0.1, 0.15) is 12.0 Å². The lowest BCUT2D eigenvalue weighted by Gasteiger charge is -2.15. The molecule has 29 heavy (non-hydrogen) atoms. The topological polar surface area (TPSA) is 118 Å². The highest BCUT2D eigenvalue weighted by Crippen LogP contribution is 2.35. The number of carbonyl (C=O) groups excluding carboxylic acids is 1. The lowest BCUT2D eigenvalue weighted by molar-refractivity contribution is -0.137. The number of nitrogen functional groups attached to an aromatic ring is 1. The van der Waals surface area contributed by atoms with E-state index >= 15 is 0 Å². The van der Waals surface area contributed by atoms with E-state index in [-0.39, 0.29) is 28.0 Å². The number of alkyl halides is 3. The molecule has 3 aromatic rings. The zero-order valence-electron chi connectivity index (χ0n) is 14.5. The van der Waals surface area contributed by atoms with Crippen molar-refractivity contribution in [2.45, 2.75) is 6.18 Å². The van der Waals surface area contributed by atoms with Crippen LogP contribution in [0.25, 0.3) is 0 Å². The second-order valence-electron chi connectivity index (χ2n) is 5.62. The Bertz CT molecular complexity index is 1030. The van der Waals surface area contributed by atoms with Crippen LogP contribution in [0.3, 0.4) is 0 Å². The predicted octanol–water partition coefficient (Wildman–Crippen LogP) is 3.63. The van der Waals surface area contributed by atoms with Gasteiger partial charge in [0.2, 0.25) is 0 Å². The Morgan fingerprint density at radius 2 is 1.76 bits per heavy atom. The molecule has 0 aliphatic rings. The summed E-state index contributed by atoms with van der Waals surface area (Å²) in [7, 11) is 0. The Hall–Kier alpha value is -3.60. The number of halogens is 4. The maximum absolute atomic E-state index is 12.9. The van der Waals surface area contributed by atoms with Crippen LogP contribution in [0.2, 0.25) is 5.02 Å². The van der Waals surface area contributed by atoms with Crippen molar-refractivity contribution in [3.63, 3.8) is 0 Å². The van der Waals surface area contributed by atoms with Crippen molar-refractivity contribution >= 4 is 40.5 Å². The van der Waals surface area contributed by atoms with E-state index in [1.165, 1.54) is 24.5 Å². The molecule has 2 heterocycles. The van der Waals surface area contributed by atoms with Crippen molar-refractivity contribution in [1.82, 2.24) is 20.4 Å². The molecule has 0 spiro atoms. The number of hydrogen-bond donors (Lipinski definition) is 4. The highest BCUT2D eigenvalue weighted by molar-refractivity contribution is 6.33. The van der Waals surface area contributed by atoms with E-state index in [1.807, 2.05) is 0 Å². The first-order chi connectivity index (χ1) is 13.8. The zero-order valence-corrected chi connectivity index (χ0v) is 15.2. The third-order valence-corrected chi connectivity index (χ3v) is 4.00. The van der Waals surface area contributed by atoms with Crippen molar-refractivity contribution in [2.24, 2.45) is 0 Å². The van der Waals surface area contributed by atoms with Crippen LogP contribution in [0.1, 0.15) is 15.9 Å². The van der Waals surface area contributed by atoms with Crippen LogP contribution in [0.5, 0.6) is 0 Å². The Kier molecular flexibility index (Phi) is 5.69. The van der Waals surface area contributed by atoms with Crippen molar-refractivity contribution in [2.75, 3.05) is 16.5 Å². The van der Waals surface area contributed by atoms with Gasteiger partial charge in [0.15, 0.2) is 11.6 Å². The molecular weight excluding hydrogens is 411 g/mol. The van der Waals surface area contributed by atoms with E-state index in [0.29, 0.717) is 5.56 Å². The molecule has 0 fully saturated rings. The molecule has 0 unspecified atom stereocenters. The van der Waals surface area contributed by atoms with Crippen LogP contribution in [-0.2, 0) is 6.18 Å². The smallest absolute Gasteiger partial charge is 0.393 e. The predicted molar refractivity (Wildman–Crippen MR) is 102 cm³/mol. The van der Waals surface area contributed by atoms with E-state index in [1.54, 1.807) is 0 Å². The van der Waals surface area contributed by atoms with Gasteiger partial charge in [-0.3, -0.25) is 20.6 Å². The molecule has 12 heteroatoms. The second-order valence-corrected chi connectivity index (χ2v) is 6.02. The first-order valence-electron chi connectivity index (χ1n) is 7.96. The summed E-state index contributed by atoms with van der Waals surface area (Å²) >= 11 is 5.97. The molecule has 5 N–H and O–H groups in total. The normalized spacial score (nSPS) is 11.0. The Balaban J connectivity index is 1.78. The highest BCUT2D eigenvalue weighted by Gasteiger charge is 2.31. The first kappa shape index (κ1) is 20.1. The minimum Gasteiger partial charge on any atom is -0.393 e. The van der Waals surface area contributed by atoms with Gasteiger partial charge in [-0.05, 0) is 30.3 Å². The summed E-state index contributed by atoms with van der Waals surface area (Å²) in [5, 5.41) is 2.68. The summed E-state index contributed by atoms with van der Waals surface area (Å²) in [4.78, 5) is 23.7. The monoisotopic (exact) mass is 423 g/mol. The molecule has 0 aliphatic carbocycles. The molecule has 0 aliphatic heterocycles. The average molecular weight is 424 g/mol. The van der Waals surface area contributed by atoms with Gasteiger partial charge < -0.3 is 11.1 Å². The summed E-state index contributed by atoms with van der Waals surface area (Å²) in [5.41, 5.74) is 10.3. The van der Waals surface area contributed by atoms with Crippen LogP contribution in [-0.4, -0.2) is 20.9 Å². The standard InChI is InChI=1S/C17H13ClF3N7O/c18-11-2-1-10(17(19,20)21)7-12(11)26-14-13(22)15(25-8-24-14)27-28-16(29)9-3-5-23-6-4-9/h1-8H,22H2,(H,28,29)(H2,24,25,26,27). The summed E-state index contributed by atoms with van der Waals surface area (Å²) in [6.07, 6.45) is -0.521. The molecule has 2 aromatic heterocycles. The Morgan fingerprint density at radius 1 is 1.07 bits per heavy atom. The largest absolute Gasteiger partial charge is 0.416 e. The third-order valence-electron chi connectivity index (χ3n) is 3.67. The number of anilines is 4. The molecule has 3 rings (SSSR count). The summed E-state index contributed by atoms with van der Waals surface area (Å²) in [5.74, 6) is -0.435. The summed E-state index contributed by atoms with van der Waals surface area (Å²) in [6.45, 7) is 0. The molecule has 0 radical (unpaired) electrons. The molecule has 1 aromatic carbocycles. The van der Waals surface area contributed by atoms with Gasteiger partial charge in [-0.15, -0.1) is 0 Å². The average Bonchev–Trinajstić information content (AvgIpc) is 2.69. The van der Waals surface area contributed by atoms with E-state index < -0.39 is 17.6 Å². The fourth-order valence-electron chi connectivity index (χ4n) is 2.21. The summed E-state index contributed by atoms with van der Waals surface area (Å²) < 4.78 is 38.8. The van der Waals surface area contributed by atoms with Crippen LogP contribution >= 0.6 is 11.6 Å². The number of carbonyl (C=O) groups is 1. The number of nitrogens with zero attached hydrogens (tertiary/aromatic N) is 3. The van der Waals surface area contributed by atoms with E-state index in [4.69, 9.17) is 17.3 Å². The number of hydrogen-bond acceptors (Lipinski definition) is 7. The molecule has 0 atom stereocenters. The number of benzene rings is 1. The number of nitrogens with two attached hydrogens (primary N) is 1. The lowest BCUT2D eigenvalue weighted by atomic mass is 10.2. The molecular formula is C17H13ClF3N7O. The van der Waals surface area contributed by atoms with Crippen molar-refractivity contribution in [3.05, 3.63) is 65.2 Å². The second kappa shape index (κ2) is 8.19. The van der Waals surface area contributed by atoms with Gasteiger partial charge >= 0.3 is 6.18 Å². The Labute approximate surface area is 167 Å². The van der Waals surface area contributed by atoms with Crippen LogP contribution < -0.4 is 21.9 Å². The molecule has 8 nitrogen and oxygen atoms in total. The zero-order chi connectivity index (χ0) is 21.0. The number of nitrogens with one attached hydrogen (secondary N) is 3. The van der Waals surface area contributed by atoms with Crippen LogP contribution in [0.4, 0.5) is 36.2 Å². The summed E-state index contributed by atoms with van der Waals surface area (Å²) in [6, 6.07) is 5.81. The first-order valence-corrected chi connectivity index (χ1v) is 8.34. The molecule has 150 valence electrons. The number of hydrazine groups is 1. The van der Waals surface area contributed by atoms with Gasteiger partial charge in [-0.2, -0.15) is 13.2 Å². The fraction of sp³-hybridized carbons (Fsp3) is 0.0588. The maximum atomic E-state index is 12.9. The number of pyridine rings is 1. The third kappa shape index (κ3) is 4.82. The fourth-order valence-corrected chi connectivity index (χ4v) is 2.38. The van der Waals surface area contributed by atoms with Crippen molar-refractivity contribution < 1.29 is 18.0 Å². The molecule has 0 bridgehead atoms. The van der Waals surface area contributed by atoms with E-state index in [2.05, 4.69) is 31.1 Å². The molecule has 0 saturated heterocycles. The minimum atomic E-state index is -4.54. The molecule has 0 saturated carbocycles. The van der Waals surface area contributed by atoms with Gasteiger partial charge in [0, 0.05) is 18.0 Å². The highest BCUT2D eigenvalue weighted by atomic mass is 35.5. The van der Waals surface area contributed by atoms with E-state index in [9.17, 15) is 18.0 Å². The Morgan fingerprint density at radius 3 is 2.45 bits per heavy atom. The van der Waals surface area contributed by atoms with Gasteiger partial charge in [-0.25, -0.2) is 9.97 Å². The SMILES string of the molecule is Nc1c(NNC(=O)c2ccncc2)ncnc1Nc1cc(C(F)(F)F)ccc1Cl. The van der Waals surface area contributed by atoms with Gasteiger partial charge in [-0.1, -0.05) is 11.6 Å². The van der Waals surface area contributed by atoms with Crippen molar-refractivity contribution in [3.8, 4) is 0 Å². The number of rotatable bonds is 5. The molecule has 1 amide bonds. The van der Waals surface area contributed by atoms with Gasteiger partial charge in [0.05, 0.1) is 16.3 Å². The van der Waals surface area contributed by atoms with Gasteiger partial charge in [0.25, 0.3) is 5.91 Å². The van der Waals surface area contributed by atoms with Crippen LogP contribution in [0, 0.1) is 0 Å². The number of amides is 1. The lowest BCUT2D eigenvalue weighted by Crippen LogP contribution is -2.30. The van der Waals surface area contributed by atoms with Crippen LogP contribution in [0.15, 0.2) is 49.1 Å². The quantitative estimate of drug-likeness (QED) is 0.463. The minimum absolute atomic E-state index is 0.00174. The number of aromatic nitrogens is 3. The maximum Gasteiger partial charge on any atom is 0.416 e. The van der Waals surface area contributed by atoms with Crippen molar-refractivity contribution in [1.29, 1.82) is 0 Å².